The van der Waals surface area contributed by atoms with E-state index in [0.29, 0.717) is 23.2 Å². The fourth-order valence-corrected chi connectivity index (χ4v) is 2.28. The monoisotopic (exact) mass is 307 g/mol. The number of anilines is 1. The van der Waals surface area contributed by atoms with Crippen LogP contribution in [0.1, 0.15) is 26.3 Å². The van der Waals surface area contributed by atoms with E-state index in [2.05, 4.69) is 5.32 Å². The summed E-state index contributed by atoms with van der Waals surface area (Å²) in [5.41, 5.74) is 2.13. The molecule has 1 aliphatic rings. The summed E-state index contributed by atoms with van der Waals surface area (Å²) < 4.78 is 0. The zero-order valence-corrected chi connectivity index (χ0v) is 12.2. The van der Waals surface area contributed by atoms with Crippen LogP contribution in [0, 0.1) is 11.3 Å². The second-order valence-electron chi connectivity index (χ2n) is 4.90. The molecule has 23 heavy (non-hydrogen) atoms. The summed E-state index contributed by atoms with van der Waals surface area (Å²) in [6.07, 6.45) is 0. The van der Waals surface area contributed by atoms with Crippen molar-refractivity contribution in [3.63, 3.8) is 0 Å². The Hall–Kier alpha value is -3.17. The van der Waals surface area contributed by atoms with E-state index in [0.717, 1.165) is 10.8 Å². The van der Waals surface area contributed by atoms with E-state index in [4.69, 9.17) is 10.1 Å². The molecule has 0 saturated heterocycles. The average molecular weight is 307 g/mol. The fourth-order valence-electron chi connectivity index (χ4n) is 2.28. The van der Waals surface area contributed by atoms with Gasteiger partial charge >= 0.3 is 0 Å². The van der Waals surface area contributed by atoms with Gasteiger partial charge < -0.3 is 5.32 Å². The molecule has 0 aromatic heterocycles. The topological polar surface area (TPSA) is 82.4 Å². The third-order valence-corrected chi connectivity index (χ3v) is 3.42. The van der Waals surface area contributed by atoms with E-state index < -0.39 is 11.8 Å². The van der Waals surface area contributed by atoms with Gasteiger partial charge in [-0.15, -0.1) is 5.06 Å². The molecule has 6 nitrogen and oxygen atoms in total. The quantitative estimate of drug-likeness (QED) is 0.676. The lowest BCUT2D eigenvalue weighted by atomic mass is 10.1. The van der Waals surface area contributed by atoms with Crippen molar-refractivity contribution in [1.29, 1.82) is 5.26 Å². The molecule has 1 heterocycles. The minimum atomic E-state index is -0.441. The minimum Gasteiger partial charge on any atom is -0.383 e. The van der Waals surface area contributed by atoms with Crippen LogP contribution >= 0.6 is 0 Å². The van der Waals surface area contributed by atoms with Crippen LogP contribution in [0.2, 0.25) is 0 Å². The van der Waals surface area contributed by atoms with E-state index in [1.165, 1.54) is 0 Å². The molecular formula is C17H13N3O3. The van der Waals surface area contributed by atoms with Crippen LogP contribution in [0.5, 0.6) is 0 Å². The van der Waals surface area contributed by atoms with Crippen molar-refractivity contribution in [3.8, 4) is 6.07 Å². The second kappa shape index (κ2) is 6.30. The summed E-state index contributed by atoms with van der Waals surface area (Å²) in [5, 5.41) is 12.6. The van der Waals surface area contributed by atoms with Gasteiger partial charge in [-0.1, -0.05) is 12.1 Å². The van der Waals surface area contributed by atoms with Crippen molar-refractivity contribution in [3.05, 3.63) is 65.2 Å². The first-order valence-electron chi connectivity index (χ1n) is 7.05. The second-order valence-corrected chi connectivity index (χ2v) is 4.90. The van der Waals surface area contributed by atoms with E-state index in [-0.39, 0.29) is 6.61 Å². The maximum Gasteiger partial charge on any atom is 0.285 e. The molecule has 1 N–H and O–H groups in total. The van der Waals surface area contributed by atoms with Gasteiger partial charge in [0.2, 0.25) is 0 Å². The normalized spacial score (nSPS) is 12.9. The number of fused-ring (bicyclic) bond motifs is 1. The smallest absolute Gasteiger partial charge is 0.285 e. The molecule has 6 heteroatoms. The molecule has 0 bridgehead atoms. The first kappa shape index (κ1) is 14.8. The molecule has 0 spiro atoms. The van der Waals surface area contributed by atoms with Crippen molar-refractivity contribution in [2.24, 2.45) is 0 Å². The van der Waals surface area contributed by atoms with Gasteiger partial charge in [0.1, 0.15) is 0 Å². The average Bonchev–Trinajstić information content (AvgIpc) is 2.84. The molecular weight excluding hydrogens is 294 g/mol. The number of rotatable bonds is 5. The number of hydrogen-bond acceptors (Lipinski definition) is 5. The lowest BCUT2D eigenvalue weighted by Gasteiger charge is -2.14. The van der Waals surface area contributed by atoms with Crippen LogP contribution in [0.15, 0.2) is 48.5 Å². The minimum absolute atomic E-state index is 0.158. The molecule has 0 atom stereocenters. The molecule has 0 fully saturated rings. The van der Waals surface area contributed by atoms with Gasteiger partial charge in [-0.05, 0) is 36.4 Å². The number of amides is 2. The maximum atomic E-state index is 12.1. The molecule has 2 aromatic carbocycles. The van der Waals surface area contributed by atoms with Crippen LogP contribution in [-0.2, 0) is 4.84 Å². The molecule has 3 rings (SSSR count). The number of hydroxylamine groups is 2. The van der Waals surface area contributed by atoms with Crippen LogP contribution < -0.4 is 5.32 Å². The molecule has 1 aliphatic heterocycles. The lowest BCUT2D eigenvalue weighted by molar-refractivity contribution is -0.0874. The zero-order valence-electron chi connectivity index (χ0n) is 12.2. The molecule has 0 aliphatic carbocycles. The van der Waals surface area contributed by atoms with Gasteiger partial charge in [-0.3, -0.25) is 14.4 Å². The number of nitriles is 1. The van der Waals surface area contributed by atoms with E-state index in [1.807, 2.05) is 6.07 Å². The fraction of sp³-hybridized carbons (Fsp3) is 0.118. The Bertz CT molecular complexity index is 758. The summed E-state index contributed by atoms with van der Waals surface area (Å²) in [4.78, 5) is 29.4. The summed E-state index contributed by atoms with van der Waals surface area (Å²) >= 11 is 0. The molecule has 114 valence electrons. The number of carbonyl (C=O) groups excluding carboxylic acids is 2. The molecule has 2 amide bonds. The number of nitrogens with zero attached hydrogens (tertiary/aromatic N) is 2. The lowest BCUT2D eigenvalue weighted by Crippen LogP contribution is -2.31. The Labute approximate surface area is 132 Å². The van der Waals surface area contributed by atoms with Gasteiger partial charge in [0.15, 0.2) is 0 Å². The van der Waals surface area contributed by atoms with Crippen molar-refractivity contribution in [2.45, 2.75) is 0 Å². The van der Waals surface area contributed by atoms with Gasteiger partial charge in [-0.25, -0.2) is 0 Å². The van der Waals surface area contributed by atoms with E-state index in [9.17, 15) is 9.59 Å². The first-order valence-corrected chi connectivity index (χ1v) is 7.05. The van der Waals surface area contributed by atoms with Crippen LogP contribution in [0.25, 0.3) is 0 Å². The Balaban J connectivity index is 1.53. The van der Waals surface area contributed by atoms with Crippen molar-refractivity contribution < 1.29 is 14.4 Å². The van der Waals surface area contributed by atoms with Crippen molar-refractivity contribution in [1.82, 2.24) is 5.06 Å². The highest BCUT2D eigenvalue weighted by molar-refractivity contribution is 6.20. The van der Waals surface area contributed by atoms with Gasteiger partial charge in [-0.2, -0.15) is 5.26 Å². The van der Waals surface area contributed by atoms with E-state index >= 15 is 0 Å². The molecule has 2 aromatic rings. The van der Waals surface area contributed by atoms with Crippen molar-refractivity contribution >= 4 is 17.5 Å². The number of benzene rings is 2. The van der Waals surface area contributed by atoms with Gasteiger partial charge in [0.25, 0.3) is 11.8 Å². The van der Waals surface area contributed by atoms with Gasteiger partial charge in [0, 0.05) is 12.2 Å². The molecule has 0 saturated carbocycles. The third-order valence-electron chi connectivity index (χ3n) is 3.42. The summed E-state index contributed by atoms with van der Waals surface area (Å²) in [7, 11) is 0. The third kappa shape index (κ3) is 2.91. The highest BCUT2D eigenvalue weighted by Crippen LogP contribution is 2.22. The number of hydrogen-bond donors (Lipinski definition) is 1. The molecule has 0 radical (unpaired) electrons. The van der Waals surface area contributed by atoms with E-state index in [1.54, 1.807) is 48.5 Å². The standard InChI is InChI=1S/C17H13N3O3/c18-11-12-5-7-13(8-6-12)19-9-10-23-20-16(21)14-3-1-2-4-15(14)17(20)22/h1-8,19H,9-10H2. The Morgan fingerprint density at radius 1 is 1.00 bits per heavy atom. The Morgan fingerprint density at radius 3 is 2.17 bits per heavy atom. The number of imide groups is 1. The van der Waals surface area contributed by atoms with Gasteiger partial charge in [0.05, 0.1) is 29.4 Å². The van der Waals surface area contributed by atoms with Crippen molar-refractivity contribution in [2.75, 3.05) is 18.5 Å². The highest BCUT2D eigenvalue weighted by Gasteiger charge is 2.36. The summed E-state index contributed by atoms with van der Waals surface area (Å²) in [5.74, 6) is -0.882. The SMILES string of the molecule is N#Cc1ccc(NCCON2C(=O)c3ccccc3C2=O)cc1. The predicted molar refractivity (Wildman–Crippen MR) is 82.5 cm³/mol. The highest BCUT2D eigenvalue weighted by atomic mass is 16.7. The summed E-state index contributed by atoms with van der Waals surface area (Å²) in [6, 6.07) is 15.6. The van der Waals surface area contributed by atoms with Crippen LogP contribution in [0.3, 0.4) is 0 Å². The number of nitrogens with one attached hydrogen (secondary N) is 1. The molecule has 0 unspecified atom stereocenters. The first-order chi connectivity index (χ1) is 11.2. The zero-order chi connectivity index (χ0) is 16.2. The Morgan fingerprint density at radius 2 is 1.61 bits per heavy atom. The van der Waals surface area contributed by atoms with Crippen LogP contribution in [0.4, 0.5) is 5.69 Å². The number of carbonyl (C=O) groups is 2. The summed E-state index contributed by atoms with van der Waals surface area (Å²) in [6.45, 7) is 0.574. The maximum absolute atomic E-state index is 12.1. The largest absolute Gasteiger partial charge is 0.383 e. The Kier molecular flexibility index (Phi) is 4.04. The predicted octanol–water partition coefficient (Wildman–Crippen LogP) is 2.20. The van der Waals surface area contributed by atoms with Crippen LogP contribution in [-0.4, -0.2) is 30.0 Å².